The van der Waals surface area contributed by atoms with Gasteiger partial charge in [0.05, 0.1) is 11.1 Å². The van der Waals surface area contributed by atoms with E-state index in [4.69, 9.17) is 9.47 Å². The van der Waals surface area contributed by atoms with E-state index < -0.39 is 0 Å². The highest BCUT2D eigenvalue weighted by Gasteiger charge is 2.13. The lowest BCUT2D eigenvalue weighted by Gasteiger charge is -2.22. The molecule has 0 unspecified atom stereocenters. The van der Waals surface area contributed by atoms with E-state index >= 15 is 0 Å². The molecule has 0 atom stereocenters. The van der Waals surface area contributed by atoms with E-state index in [-0.39, 0.29) is 24.8 Å². The summed E-state index contributed by atoms with van der Waals surface area (Å²) in [6.45, 7) is 15.2. The zero-order chi connectivity index (χ0) is 23.9. The Morgan fingerprint density at radius 3 is 2.06 bits per heavy atom. The molecule has 0 aliphatic heterocycles. The van der Waals surface area contributed by atoms with Crippen LogP contribution in [0.3, 0.4) is 0 Å². The topological polar surface area (TPSA) is 33.7 Å². The Morgan fingerprint density at radius 2 is 1.46 bits per heavy atom. The second-order valence-electron chi connectivity index (χ2n) is 8.69. The first-order chi connectivity index (χ1) is 16.1. The molecule has 0 spiro atoms. The van der Waals surface area contributed by atoms with Crippen molar-refractivity contribution < 1.29 is 9.47 Å². The van der Waals surface area contributed by atoms with E-state index in [1.54, 1.807) is 0 Å². The zero-order valence-corrected chi connectivity index (χ0v) is 25.1. The minimum Gasteiger partial charge on any atom is -0.490 e. The minimum absolute atomic E-state index is 0. The second-order valence-corrected chi connectivity index (χ2v) is 9.55. The lowest BCUT2D eigenvalue weighted by Crippen LogP contribution is -2.29. The van der Waals surface area contributed by atoms with Gasteiger partial charge in [0.1, 0.15) is 6.61 Å². The molecule has 7 heteroatoms. The Bertz CT molecular complexity index is 798. The van der Waals surface area contributed by atoms with Crippen molar-refractivity contribution >= 4 is 40.7 Å². The first-order valence-electron chi connectivity index (χ1n) is 12.6. The van der Waals surface area contributed by atoms with Crippen molar-refractivity contribution in [3.8, 4) is 11.5 Å². The van der Waals surface area contributed by atoms with Crippen LogP contribution in [0, 0.1) is 6.92 Å². The summed E-state index contributed by atoms with van der Waals surface area (Å²) in [5.74, 6) is 1.56. The second kappa shape index (κ2) is 20.1. The third-order valence-electron chi connectivity index (χ3n) is 5.69. The molecule has 200 valence electrons. The lowest BCUT2D eigenvalue weighted by molar-refractivity contribution is 0.261. The van der Waals surface area contributed by atoms with Gasteiger partial charge in [0, 0.05) is 6.54 Å². The molecule has 0 heterocycles. The van der Waals surface area contributed by atoms with Gasteiger partial charge in [-0.3, -0.25) is 0 Å². The molecule has 0 aromatic heterocycles. The van der Waals surface area contributed by atoms with Gasteiger partial charge < -0.3 is 19.7 Å². The molecule has 2 aromatic rings. The van der Waals surface area contributed by atoms with E-state index in [9.17, 15) is 0 Å². The average molecular weight is 592 g/mol. The molecule has 0 radical (unpaired) electrons. The molecular weight excluding hydrogens is 547 g/mol. The summed E-state index contributed by atoms with van der Waals surface area (Å²) in [6, 6.07) is 12.7. The largest absolute Gasteiger partial charge is 0.490 e. The van der Waals surface area contributed by atoms with Crippen molar-refractivity contribution in [2.45, 2.75) is 73.0 Å². The molecule has 0 amide bonds. The molecular formula is C28H45BrCl2N2O2. The highest BCUT2D eigenvalue weighted by atomic mass is 79.9. The SMILES string of the molecule is CCCCN(CCCC)CCCNCc1cc(Br)c(OCc2ccc(C)cc2)c(OCC)c1.Cl.Cl. The van der Waals surface area contributed by atoms with E-state index in [1.165, 1.54) is 62.9 Å². The predicted molar refractivity (Wildman–Crippen MR) is 158 cm³/mol. The molecule has 1 N–H and O–H groups in total. The third-order valence-corrected chi connectivity index (χ3v) is 6.27. The standard InChI is InChI=1S/C28H43BrN2O2.2ClH/c1-5-8-16-31(17-9-6-2)18-10-15-30-21-25-19-26(29)28(27(20-25)32-7-3)33-22-24-13-11-23(4)12-14-24;;/h11-14,19-20,30H,5-10,15-18,21-22H2,1-4H3;2*1H. The monoisotopic (exact) mass is 590 g/mol. The van der Waals surface area contributed by atoms with Crippen LogP contribution in [0.25, 0.3) is 0 Å². The molecule has 2 aromatic carbocycles. The Kier molecular flexibility index (Phi) is 19.6. The first kappa shape index (κ1) is 34.0. The molecule has 0 saturated heterocycles. The summed E-state index contributed by atoms with van der Waals surface area (Å²) in [7, 11) is 0. The van der Waals surface area contributed by atoms with Crippen molar-refractivity contribution in [2.24, 2.45) is 0 Å². The number of benzene rings is 2. The van der Waals surface area contributed by atoms with Crippen molar-refractivity contribution in [3.05, 3.63) is 57.6 Å². The number of hydrogen-bond acceptors (Lipinski definition) is 4. The van der Waals surface area contributed by atoms with Gasteiger partial charge in [-0.2, -0.15) is 0 Å². The summed E-state index contributed by atoms with van der Waals surface area (Å²) in [6.07, 6.45) is 6.30. The molecule has 0 aliphatic carbocycles. The predicted octanol–water partition coefficient (Wildman–Crippen LogP) is 7.96. The first-order valence-corrected chi connectivity index (χ1v) is 13.4. The van der Waals surface area contributed by atoms with E-state index in [1.807, 2.05) is 6.92 Å². The third kappa shape index (κ3) is 13.2. The number of nitrogens with zero attached hydrogens (tertiary/aromatic N) is 1. The minimum atomic E-state index is 0. The molecule has 0 fully saturated rings. The number of halogens is 3. The maximum Gasteiger partial charge on any atom is 0.175 e. The normalized spacial score (nSPS) is 10.6. The van der Waals surface area contributed by atoms with Gasteiger partial charge in [-0.05, 0) is 98.5 Å². The summed E-state index contributed by atoms with van der Waals surface area (Å²) < 4.78 is 13.0. The van der Waals surface area contributed by atoms with Gasteiger partial charge in [-0.1, -0.05) is 56.5 Å². The Morgan fingerprint density at radius 1 is 0.829 bits per heavy atom. The molecule has 0 saturated carbocycles. The van der Waals surface area contributed by atoms with Crippen LogP contribution in [-0.4, -0.2) is 37.7 Å². The highest BCUT2D eigenvalue weighted by molar-refractivity contribution is 9.10. The smallest absolute Gasteiger partial charge is 0.175 e. The number of ether oxygens (including phenoxy) is 2. The van der Waals surface area contributed by atoms with Crippen LogP contribution in [0.2, 0.25) is 0 Å². The molecule has 4 nitrogen and oxygen atoms in total. The number of aryl methyl sites for hydroxylation is 1. The molecule has 35 heavy (non-hydrogen) atoms. The van der Waals surface area contributed by atoms with Gasteiger partial charge in [0.2, 0.25) is 0 Å². The van der Waals surface area contributed by atoms with Gasteiger partial charge in [0.25, 0.3) is 0 Å². The number of hydrogen-bond donors (Lipinski definition) is 1. The van der Waals surface area contributed by atoms with Crippen molar-refractivity contribution in [3.63, 3.8) is 0 Å². The van der Waals surface area contributed by atoms with Crippen LogP contribution in [0.5, 0.6) is 11.5 Å². The summed E-state index contributed by atoms with van der Waals surface area (Å²) >= 11 is 3.70. The maximum atomic E-state index is 6.14. The number of nitrogens with one attached hydrogen (secondary N) is 1. The van der Waals surface area contributed by atoms with Crippen LogP contribution >= 0.6 is 40.7 Å². The quantitative estimate of drug-likeness (QED) is 0.189. The van der Waals surface area contributed by atoms with Gasteiger partial charge in [-0.25, -0.2) is 0 Å². The molecule has 0 aliphatic rings. The van der Waals surface area contributed by atoms with Crippen LogP contribution < -0.4 is 14.8 Å². The lowest BCUT2D eigenvalue weighted by atomic mass is 10.1. The Balaban J connectivity index is 0.00000578. The Hall–Kier alpha value is -0.980. The summed E-state index contributed by atoms with van der Waals surface area (Å²) in [5.41, 5.74) is 3.59. The van der Waals surface area contributed by atoms with E-state index in [2.05, 4.69) is 83.3 Å². The highest BCUT2D eigenvalue weighted by Crippen LogP contribution is 2.37. The van der Waals surface area contributed by atoms with Crippen LogP contribution in [0.1, 0.15) is 69.6 Å². The van der Waals surface area contributed by atoms with Gasteiger partial charge in [0.15, 0.2) is 11.5 Å². The maximum absolute atomic E-state index is 6.14. The number of rotatable bonds is 17. The number of unbranched alkanes of at least 4 members (excludes halogenated alkanes) is 2. The van der Waals surface area contributed by atoms with Crippen LogP contribution in [-0.2, 0) is 13.2 Å². The average Bonchev–Trinajstić information content (AvgIpc) is 2.81. The van der Waals surface area contributed by atoms with Crippen molar-refractivity contribution in [2.75, 3.05) is 32.8 Å². The van der Waals surface area contributed by atoms with Crippen LogP contribution in [0.15, 0.2) is 40.9 Å². The fraction of sp³-hybridized carbons (Fsp3) is 0.571. The van der Waals surface area contributed by atoms with E-state index in [0.29, 0.717) is 13.2 Å². The van der Waals surface area contributed by atoms with E-state index in [0.717, 1.165) is 34.6 Å². The summed E-state index contributed by atoms with van der Waals surface area (Å²) in [5, 5.41) is 3.60. The van der Waals surface area contributed by atoms with Gasteiger partial charge in [-0.15, -0.1) is 24.8 Å². The summed E-state index contributed by atoms with van der Waals surface area (Å²) in [4.78, 5) is 2.62. The van der Waals surface area contributed by atoms with Crippen molar-refractivity contribution in [1.82, 2.24) is 10.2 Å². The van der Waals surface area contributed by atoms with Gasteiger partial charge >= 0.3 is 0 Å². The molecule has 2 rings (SSSR count). The van der Waals surface area contributed by atoms with Crippen molar-refractivity contribution in [1.29, 1.82) is 0 Å². The zero-order valence-electron chi connectivity index (χ0n) is 21.9. The fourth-order valence-electron chi connectivity index (χ4n) is 3.73. The molecule has 0 bridgehead atoms. The fourth-order valence-corrected chi connectivity index (χ4v) is 4.33. The van der Waals surface area contributed by atoms with Crippen LogP contribution in [0.4, 0.5) is 0 Å². The Labute approximate surface area is 234 Å².